The predicted octanol–water partition coefficient (Wildman–Crippen LogP) is 2.12. The van der Waals surface area contributed by atoms with E-state index in [9.17, 15) is 4.79 Å². The first-order valence-corrected chi connectivity index (χ1v) is 5.37. The van der Waals surface area contributed by atoms with Crippen LogP contribution in [0.3, 0.4) is 0 Å². The summed E-state index contributed by atoms with van der Waals surface area (Å²) >= 11 is 0. The molecule has 0 amide bonds. The highest BCUT2D eigenvalue weighted by atomic mass is 16.5. The highest BCUT2D eigenvalue weighted by Gasteiger charge is 2.35. The molecule has 0 rings (SSSR count). The van der Waals surface area contributed by atoms with Crippen LogP contribution in [0.25, 0.3) is 0 Å². The molecule has 0 saturated carbocycles. The molecule has 0 spiro atoms. The van der Waals surface area contributed by atoms with Gasteiger partial charge in [-0.05, 0) is 32.3 Å². The zero-order chi connectivity index (χ0) is 12.2. The molecule has 0 aromatic carbocycles. The van der Waals surface area contributed by atoms with Crippen molar-refractivity contribution in [2.75, 3.05) is 6.61 Å². The lowest BCUT2D eigenvalue weighted by Gasteiger charge is -2.30. The van der Waals surface area contributed by atoms with Crippen LogP contribution < -0.4 is 5.73 Å². The van der Waals surface area contributed by atoms with Crippen molar-refractivity contribution in [2.24, 2.45) is 17.1 Å². The van der Waals surface area contributed by atoms with E-state index >= 15 is 0 Å². The molecule has 2 N–H and O–H groups in total. The fourth-order valence-electron chi connectivity index (χ4n) is 1.26. The molecule has 0 aliphatic heterocycles. The number of nitrogens with two attached hydrogens (primary N) is 1. The van der Waals surface area contributed by atoms with Crippen LogP contribution in [0.5, 0.6) is 0 Å². The van der Waals surface area contributed by atoms with Crippen LogP contribution in [-0.2, 0) is 9.53 Å². The largest absolute Gasteiger partial charge is 0.465 e. The van der Waals surface area contributed by atoms with Crippen molar-refractivity contribution in [3.63, 3.8) is 0 Å². The molecular formula is C12H23NO2. The monoisotopic (exact) mass is 213 g/mol. The number of hydrogen-bond acceptors (Lipinski definition) is 3. The lowest BCUT2D eigenvalue weighted by Crippen LogP contribution is -2.39. The van der Waals surface area contributed by atoms with Gasteiger partial charge in [-0.15, -0.1) is 0 Å². The number of carbonyl (C=O) groups is 1. The quantitative estimate of drug-likeness (QED) is 0.562. The van der Waals surface area contributed by atoms with Crippen molar-refractivity contribution in [1.29, 1.82) is 0 Å². The molecule has 1 atom stereocenters. The highest BCUT2D eigenvalue weighted by Crippen LogP contribution is 2.30. The van der Waals surface area contributed by atoms with Gasteiger partial charge in [-0.3, -0.25) is 4.79 Å². The molecule has 0 radical (unpaired) electrons. The number of rotatable bonds is 5. The number of carbonyl (C=O) groups excluding carboxylic acids is 1. The van der Waals surface area contributed by atoms with E-state index in [-0.39, 0.29) is 17.9 Å². The van der Waals surface area contributed by atoms with Crippen LogP contribution in [-0.4, -0.2) is 18.6 Å². The van der Waals surface area contributed by atoms with Crippen LogP contribution in [0.1, 0.15) is 34.6 Å². The second-order valence-electron chi connectivity index (χ2n) is 4.64. The Kier molecular flexibility index (Phi) is 5.01. The molecule has 0 heterocycles. The summed E-state index contributed by atoms with van der Waals surface area (Å²) in [5.41, 5.74) is 6.00. The molecule has 0 fully saturated rings. The van der Waals surface area contributed by atoms with Crippen LogP contribution in [0.2, 0.25) is 0 Å². The minimum atomic E-state index is -0.709. The smallest absolute Gasteiger partial charge is 0.315 e. The van der Waals surface area contributed by atoms with Crippen LogP contribution in [0.4, 0.5) is 0 Å². The number of ether oxygens (including phenoxy) is 1. The Balaban J connectivity index is 4.72. The molecule has 0 saturated heterocycles. The summed E-state index contributed by atoms with van der Waals surface area (Å²) < 4.78 is 5.00. The Morgan fingerprint density at radius 3 is 2.27 bits per heavy atom. The van der Waals surface area contributed by atoms with E-state index in [4.69, 9.17) is 10.5 Å². The average Bonchev–Trinajstić information content (AvgIpc) is 2.15. The molecule has 3 nitrogen and oxygen atoms in total. The van der Waals surface area contributed by atoms with E-state index in [1.165, 1.54) is 0 Å². The van der Waals surface area contributed by atoms with Gasteiger partial charge in [0.1, 0.15) is 0 Å². The molecule has 0 bridgehead atoms. The number of hydrogen-bond donors (Lipinski definition) is 1. The van der Waals surface area contributed by atoms with Crippen molar-refractivity contribution in [3.8, 4) is 0 Å². The van der Waals surface area contributed by atoms with Gasteiger partial charge in [0.2, 0.25) is 0 Å². The molecular weight excluding hydrogens is 190 g/mol. The summed E-state index contributed by atoms with van der Waals surface area (Å²) in [5.74, 6) is 0.0114. The molecule has 88 valence electrons. The minimum Gasteiger partial charge on any atom is -0.465 e. The SMILES string of the molecule is C=C(C(N)C(C)C)C(C)(C)C(=O)OCC. The topological polar surface area (TPSA) is 52.3 Å². The maximum Gasteiger partial charge on any atom is 0.315 e. The van der Waals surface area contributed by atoms with Gasteiger partial charge >= 0.3 is 5.97 Å². The molecule has 0 aromatic heterocycles. The molecule has 3 heteroatoms. The second-order valence-corrected chi connectivity index (χ2v) is 4.64. The minimum absolute atomic E-state index is 0.176. The van der Waals surface area contributed by atoms with Gasteiger partial charge in [0.05, 0.1) is 12.0 Å². The standard InChI is InChI=1S/C12H23NO2/c1-7-15-11(14)12(5,6)9(4)10(13)8(2)3/h8,10H,4,7,13H2,1-3,5-6H3. The average molecular weight is 213 g/mol. The first kappa shape index (κ1) is 14.2. The third-order valence-electron chi connectivity index (χ3n) is 2.71. The van der Waals surface area contributed by atoms with Crippen LogP contribution >= 0.6 is 0 Å². The third kappa shape index (κ3) is 3.34. The highest BCUT2D eigenvalue weighted by molar-refractivity contribution is 5.79. The Hall–Kier alpha value is -0.830. The maximum absolute atomic E-state index is 11.7. The molecule has 0 aromatic rings. The molecule has 1 unspecified atom stereocenters. The van der Waals surface area contributed by atoms with Gasteiger partial charge in [0.25, 0.3) is 0 Å². The van der Waals surface area contributed by atoms with Gasteiger partial charge < -0.3 is 10.5 Å². The van der Waals surface area contributed by atoms with E-state index in [0.29, 0.717) is 6.61 Å². The summed E-state index contributed by atoms with van der Waals surface area (Å²) in [6, 6.07) is -0.176. The predicted molar refractivity (Wildman–Crippen MR) is 62.4 cm³/mol. The zero-order valence-electron chi connectivity index (χ0n) is 10.5. The van der Waals surface area contributed by atoms with Crippen LogP contribution in [0.15, 0.2) is 12.2 Å². The van der Waals surface area contributed by atoms with Crippen molar-refractivity contribution < 1.29 is 9.53 Å². The van der Waals surface area contributed by atoms with Gasteiger partial charge in [-0.25, -0.2) is 0 Å². The first-order valence-electron chi connectivity index (χ1n) is 5.37. The Morgan fingerprint density at radius 2 is 1.93 bits per heavy atom. The summed E-state index contributed by atoms with van der Waals surface area (Å²) in [5, 5.41) is 0. The Morgan fingerprint density at radius 1 is 1.47 bits per heavy atom. The van der Waals surface area contributed by atoms with E-state index in [1.807, 2.05) is 13.8 Å². The summed E-state index contributed by atoms with van der Waals surface area (Å²) in [6.45, 7) is 13.7. The molecule has 0 aliphatic carbocycles. The fourth-order valence-corrected chi connectivity index (χ4v) is 1.26. The van der Waals surface area contributed by atoms with Crippen LogP contribution in [0, 0.1) is 11.3 Å². The molecule has 15 heavy (non-hydrogen) atoms. The van der Waals surface area contributed by atoms with E-state index in [0.717, 1.165) is 5.57 Å². The van der Waals surface area contributed by atoms with Crippen molar-refractivity contribution in [3.05, 3.63) is 12.2 Å². The zero-order valence-corrected chi connectivity index (χ0v) is 10.5. The van der Waals surface area contributed by atoms with Gasteiger partial charge in [0, 0.05) is 6.04 Å². The maximum atomic E-state index is 11.7. The fraction of sp³-hybridized carbons (Fsp3) is 0.750. The van der Waals surface area contributed by atoms with Gasteiger partial charge in [-0.2, -0.15) is 0 Å². The normalized spacial score (nSPS) is 13.8. The third-order valence-corrected chi connectivity index (χ3v) is 2.71. The van der Waals surface area contributed by atoms with Gasteiger partial charge in [-0.1, -0.05) is 20.4 Å². The Labute approximate surface area is 92.7 Å². The first-order chi connectivity index (χ1) is 6.75. The summed E-state index contributed by atoms with van der Waals surface area (Å²) in [6.07, 6.45) is 0. The number of esters is 1. The van der Waals surface area contributed by atoms with E-state index in [2.05, 4.69) is 6.58 Å². The van der Waals surface area contributed by atoms with Gasteiger partial charge in [0.15, 0.2) is 0 Å². The second kappa shape index (κ2) is 5.31. The van der Waals surface area contributed by atoms with E-state index < -0.39 is 5.41 Å². The Bertz CT molecular complexity index is 244. The lowest BCUT2D eigenvalue weighted by atomic mass is 9.78. The van der Waals surface area contributed by atoms with Crippen molar-refractivity contribution in [1.82, 2.24) is 0 Å². The summed E-state index contributed by atoms with van der Waals surface area (Å²) in [4.78, 5) is 11.7. The van der Waals surface area contributed by atoms with E-state index in [1.54, 1.807) is 20.8 Å². The van der Waals surface area contributed by atoms with Crippen molar-refractivity contribution >= 4 is 5.97 Å². The summed E-state index contributed by atoms with van der Waals surface area (Å²) in [7, 11) is 0. The molecule has 0 aliphatic rings. The lowest BCUT2D eigenvalue weighted by molar-refractivity contribution is -0.151. The van der Waals surface area contributed by atoms with Crippen molar-refractivity contribution in [2.45, 2.75) is 40.7 Å².